The SMILES string of the molecule is CCOC(=O)[C@H]1CCCN(C(=O)c2cn(CCCc3ccccc3)nn2)C1. The maximum atomic E-state index is 12.7. The molecule has 1 aromatic carbocycles. The van der Waals surface area contributed by atoms with E-state index in [1.54, 1.807) is 22.7 Å². The van der Waals surface area contributed by atoms with Crippen LogP contribution in [-0.2, 0) is 22.5 Å². The lowest BCUT2D eigenvalue weighted by atomic mass is 9.98. The van der Waals surface area contributed by atoms with E-state index in [1.807, 2.05) is 18.2 Å². The average molecular weight is 370 g/mol. The second-order valence-electron chi connectivity index (χ2n) is 6.80. The van der Waals surface area contributed by atoms with Crippen molar-refractivity contribution in [2.75, 3.05) is 19.7 Å². The number of carbonyl (C=O) groups is 2. The van der Waals surface area contributed by atoms with Gasteiger partial charge in [-0.1, -0.05) is 35.5 Å². The van der Waals surface area contributed by atoms with E-state index in [2.05, 4.69) is 22.4 Å². The highest BCUT2D eigenvalue weighted by atomic mass is 16.5. The zero-order valence-corrected chi connectivity index (χ0v) is 15.7. The minimum atomic E-state index is -0.247. The van der Waals surface area contributed by atoms with Crippen molar-refractivity contribution in [1.82, 2.24) is 19.9 Å². The highest BCUT2D eigenvalue weighted by molar-refractivity contribution is 5.92. The van der Waals surface area contributed by atoms with Crippen molar-refractivity contribution in [2.45, 2.75) is 39.2 Å². The van der Waals surface area contributed by atoms with Crippen LogP contribution in [0.4, 0.5) is 0 Å². The lowest BCUT2D eigenvalue weighted by Crippen LogP contribution is -2.43. The van der Waals surface area contributed by atoms with E-state index in [4.69, 9.17) is 4.74 Å². The summed E-state index contributed by atoms with van der Waals surface area (Å²) in [5.41, 5.74) is 1.62. The van der Waals surface area contributed by atoms with Gasteiger partial charge in [0.1, 0.15) is 0 Å². The van der Waals surface area contributed by atoms with Crippen molar-refractivity contribution in [3.63, 3.8) is 0 Å². The molecule has 1 saturated heterocycles. The summed E-state index contributed by atoms with van der Waals surface area (Å²) in [5.74, 6) is -0.638. The van der Waals surface area contributed by atoms with Gasteiger partial charge in [0, 0.05) is 19.6 Å². The van der Waals surface area contributed by atoms with Gasteiger partial charge in [-0.25, -0.2) is 0 Å². The normalized spacial score (nSPS) is 16.9. The third kappa shape index (κ3) is 5.15. The molecule has 3 rings (SSSR count). The van der Waals surface area contributed by atoms with Crippen LogP contribution in [0.3, 0.4) is 0 Å². The molecule has 1 aliphatic rings. The first kappa shape index (κ1) is 19.1. The zero-order valence-electron chi connectivity index (χ0n) is 15.7. The molecule has 1 atom stereocenters. The molecule has 0 radical (unpaired) electrons. The van der Waals surface area contributed by atoms with Crippen molar-refractivity contribution < 1.29 is 14.3 Å². The molecule has 7 nitrogen and oxygen atoms in total. The van der Waals surface area contributed by atoms with Crippen LogP contribution in [0.2, 0.25) is 0 Å². The topological polar surface area (TPSA) is 77.3 Å². The number of hydrogen-bond acceptors (Lipinski definition) is 5. The van der Waals surface area contributed by atoms with Gasteiger partial charge in [0.2, 0.25) is 0 Å². The number of nitrogens with zero attached hydrogens (tertiary/aromatic N) is 4. The first-order chi connectivity index (χ1) is 13.2. The number of piperidine rings is 1. The summed E-state index contributed by atoms with van der Waals surface area (Å²) in [6.07, 6.45) is 5.13. The van der Waals surface area contributed by atoms with E-state index in [1.165, 1.54) is 5.56 Å². The number of esters is 1. The van der Waals surface area contributed by atoms with E-state index in [-0.39, 0.29) is 17.8 Å². The zero-order chi connectivity index (χ0) is 19.1. The fourth-order valence-corrected chi connectivity index (χ4v) is 3.37. The smallest absolute Gasteiger partial charge is 0.310 e. The van der Waals surface area contributed by atoms with Crippen LogP contribution in [0, 0.1) is 5.92 Å². The Kier molecular flexibility index (Phi) is 6.57. The highest BCUT2D eigenvalue weighted by Crippen LogP contribution is 2.19. The second-order valence-corrected chi connectivity index (χ2v) is 6.80. The Labute approximate surface area is 159 Å². The lowest BCUT2D eigenvalue weighted by molar-refractivity contribution is -0.149. The molecule has 7 heteroatoms. The molecule has 1 fully saturated rings. The number of aryl methyl sites for hydroxylation is 2. The standard InChI is InChI=1S/C20H26N4O3/c1-2-27-20(26)17-11-7-12-23(14-17)19(25)18-15-24(22-21-18)13-6-10-16-8-4-3-5-9-16/h3-5,8-9,15,17H,2,6-7,10-14H2,1H3/t17-/m0/s1. The first-order valence-electron chi connectivity index (χ1n) is 9.57. The molecule has 0 spiro atoms. The molecule has 144 valence electrons. The molecule has 2 heterocycles. The van der Waals surface area contributed by atoms with Gasteiger partial charge in [-0.05, 0) is 38.2 Å². The van der Waals surface area contributed by atoms with Gasteiger partial charge in [-0.3, -0.25) is 14.3 Å². The third-order valence-electron chi connectivity index (χ3n) is 4.78. The van der Waals surface area contributed by atoms with Crippen molar-refractivity contribution in [1.29, 1.82) is 0 Å². The molecule has 0 saturated carbocycles. The van der Waals surface area contributed by atoms with Crippen LogP contribution in [0.1, 0.15) is 42.2 Å². The summed E-state index contributed by atoms with van der Waals surface area (Å²) in [5, 5.41) is 8.10. The molecule has 0 aliphatic carbocycles. The maximum Gasteiger partial charge on any atom is 0.310 e. The van der Waals surface area contributed by atoms with Crippen LogP contribution in [0.15, 0.2) is 36.5 Å². The fraction of sp³-hybridized carbons (Fsp3) is 0.500. The van der Waals surface area contributed by atoms with Gasteiger partial charge >= 0.3 is 5.97 Å². The summed E-state index contributed by atoms with van der Waals surface area (Å²) < 4.78 is 6.80. The van der Waals surface area contributed by atoms with Gasteiger partial charge in [-0.2, -0.15) is 0 Å². The Balaban J connectivity index is 1.52. The van der Waals surface area contributed by atoms with Gasteiger partial charge in [0.15, 0.2) is 5.69 Å². The van der Waals surface area contributed by atoms with Crippen molar-refractivity contribution in [2.24, 2.45) is 5.92 Å². The molecule has 1 aromatic heterocycles. The molecule has 0 unspecified atom stereocenters. The molecule has 1 aliphatic heterocycles. The van der Waals surface area contributed by atoms with Crippen molar-refractivity contribution in [3.8, 4) is 0 Å². The van der Waals surface area contributed by atoms with Crippen LogP contribution in [0.25, 0.3) is 0 Å². The van der Waals surface area contributed by atoms with Crippen LogP contribution in [0.5, 0.6) is 0 Å². The molecule has 2 aromatic rings. The summed E-state index contributed by atoms with van der Waals surface area (Å²) in [7, 11) is 0. The Morgan fingerprint density at radius 3 is 2.85 bits per heavy atom. The van der Waals surface area contributed by atoms with E-state index in [9.17, 15) is 9.59 Å². The Bertz CT molecular complexity index is 760. The number of ether oxygens (including phenoxy) is 1. The average Bonchev–Trinajstić information content (AvgIpc) is 3.17. The minimum absolute atomic E-state index is 0.168. The Morgan fingerprint density at radius 1 is 1.26 bits per heavy atom. The van der Waals surface area contributed by atoms with E-state index < -0.39 is 0 Å². The lowest BCUT2D eigenvalue weighted by Gasteiger charge is -2.30. The van der Waals surface area contributed by atoms with Crippen molar-refractivity contribution in [3.05, 3.63) is 47.8 Å². The van der Waals surface area contributed by atoms with Crippen LogP contribution in [-0.4, -0.2) is 51.5 Å². The van der Waals surface area contributed by atoms with Crippen LogP contribution < -0.4 is 0 Å². The quantitative estimate of drug-likeness (QED) is 0.699. The second kappa shape index (κ2) is 9.30. The number of carbonyl (C=O) groups excluding carboxylic acids is 2. The number of aromatic nitrogens is 3. The third-order valence-corrected chi connectivity index (χ3v) is 4.78. The minimum Gasteiger partial charge on any atom is -0.466 e. The number of amides is 1. The number of benzene rings is 1. The van der Waals surface area contributed by atoms with Crippen LogP contribution >= 0.6 is 0 Å². The van der Waals surface area contributed by atoms with E-state index in [0.717, 1.165) is 25.7 Å². The largest absolute Gasteiger partial charge is 0.466 e. The summed E-state index contributed by atoms with van der Waals surface area (Å²) in [6.45, 7) is 3.88. The highest BCUT2D eigenvalue weighted by Gasteiger charge is 2.30. The molecular formula is C20H26N4O3. The van der Waals surface area contributed by atoms with Gasteiger partial charge < -0.3 is 9.64 Å². The summed E-state index contributed by atoms with van der Waals surface area (Å²) in [4.78, 5) is 26.3. The summed E-state index contributed by atoms with van der Waals surface area (Å²) >= 11 is 0. The summed E-state index contributed by atoms with van der Waals surface area (Å²) in [6, 6.07) is 10.3. The van der Waals surface area contributed by atoms with Gasteiger partial charge in [0.05, 0.1) is 18.7 Å². The number of rotatable bonds is 7. The molecule has 0 bridgehead atoms. The first-order valence-corrected chi connectivity index (χ1v) is 9.57. The molecule has 1 amide bonds. The predicted molar refractivity (Wildman–Crippen MR) is 100 cm³/mol. The molecule has 0 N–H and O–H groups in total. The monoisotopic (exact) mass is 370 g/mol. The maximum absolute atomic E-state index is 12.7. The van der Waals surface area contributed by atoms with Crippen molar-refractivity contribution >= 4 is 11.9 Å². The fourth-order valence-electron chi connectivity index (χ4n) is 3.37. The molecular weight excluding hydrogens is 344 g/mol. The number of likely N-dealkylation sites (tertiary alicyclic amines) is 1. The van der Waals surface area contributed by atoms with Gasteiger partial charge in [0.25, 0.3) is 5.91 Å². The Hall–Kier alpha value is -2.70. The predicted octanol–water partition coefficient (Wildman–Crippen LogP) is 2.33. The Morgan fingerprint density at radius 2 is 2.07 bits per heavy atom. The number of hydrogen-bond donors (Lipinski definition) is 0. The van der Waals surface area contributed by atoms with E-state index >= 15 is 0 Å². The van der Waals surface area contributed by atoms with Gasteiger partial charge in [-0.15, -0.1) is 5.10 Å². The van der Waals surface area contributed by atoms with E-state index in [0.29, 0.717) is 31.9 Å². The molecule has 27 heavy (non-hydrogen) atoms.